The maximum atomic E-state index is 5.80. The summed E-state index contributed by atoms with van der Waals surface area (Å²) in [5.74, 6) is 1.47. The highest BCUT2D eigenvalue weighted by Gasteiger charge is 2.18. The number of para-hydroxylation sites is 1. The van der Waals surface area contributed by atoms with Crippen LogP contribution in [0.4, 0.5) is 0 Å². The molecule has 0 bridgehead atoms. The minimum atomic E-state index is 0.200. The van der Waals surface area contributed by atoms with E-state index in [4.69, 9.17) is 19.9 Å². The molecule has 0 radical (unpaired) electrons. The quantitative estimate of drug-likeness (QED) is 0.847. The van der Waals surface area contributed by atoms with Crippen molar-refractivity contribution in [3.63, 3.8) is 0 Å². The molecule has 2 rings (SSSR count). The predicted molar refractivity (Wildman–Crippen MR) is 65.4 cm³/mol. The Labute approximate surface area is 102 Å². The highest BCUT2D eigenvalue weighted by Crippen LogP contribution is 2.31. The summed E-state index contributed by atoms with van der Waals surface area (Å²) < 4.78 is 16.6. The topological polar surface area (TPSA) is 53.7 Å². The molecule has 94 valence electrons. The predicted octanol–water partition coefficient (Wildman–Crippen LogP) is 1.71. The smallest absolute Gasteiger partial charge is 0.165 e. The normalized spacial score (nSPS) is 19.3. The van der Waals surface area contributed by atoms with Crippen molar-refractivity contribution in [1.29, 1.82) is 0 Å². The molecule has 0 amide bonds. The second kappa shape index (κ2) is 5.89. The van der Waals surface area contributed by atoms with Crippen molar-refractivity contribution in [3.05, 3.63) is 23.8 Å². The van der Waals surface area contributed by atoms with Gasteiger partial charge < -0.3 is 19.9 Å². The van der Waals surface area contributed by atoms with Crippen LogP contribution in [0.2, 0.25) is 0 Å². The van der Waals surface area contributed by atoms with Gasteiger partial charge in [0.05, 0.1) is 13.2 Å². The van der Waals surface area contributed by atoms with Gasteiger partial charge in [0, 0.05) is 18.7 Å². The van der Waals surface area contributed by atoms with E-state index < -0.39 is 0 Å². The molecule has 4 heteroatoms. The molecule has 1 aliphatic heterocycles. The molecule has 1 fully saturated rings. The maximum Gasteiger partial charge on any atom is 0.165 e. The highest BCUT2D eigenvalue weighted by molar-refractivity contribution is 5.46. The van der Waals surface area contributed by atoms with Gasteiger partial charge in [-0.3, -0.25) is 0 Å². The molecule has 0 saturated carbocycles. The van der Waals surface area contributed by atoms with E-state index in [1.54, 1.807) is 7.11 Å². The minimum absolute atomic E-state index is 0.200. The van der Waals surface area contributed by atoms with Crippen LogP contribution in [0.25, 0.3) is 0 Å². The van der Waals surface area contributed by atoms with Gasteiger partial charge in [0.15, 0.2) is 11.5 Å². The molecule has 0 spiro atoms. The lowest BCUT2D eigenvalue weighted by molar-refractivity contribution is 0.0666. The van der Waals surface area contributed by atoms with E-state index in [2.05, 4.69) is 0 Å². The van der Waals surface area contributed by atoms with Crippen molar-refractivity contribution in [3.8, 4) is 11.5 Å². The van der Waals surface area contributed by atoms with Crippen molar-refractivity contribution < 1.29 is 14.2 Å². The zero-order valence-electron chi connectivity index (χ0n) is 10.1. The Bertz CT molecular complexity index is 339. The fourth-order valence-corrected chi connectivity index (χ4v) is 2.00. The van der Waals surface area contributed by atoms with E-state index in [0.29, 0.717) is 13.2 Å². The van der Waals surface area contributed by atoms with Crippen LogP contribution in [-0.2, 0) is 11.3 Å². The summed E-state index contributed by atoms with van der Waals surface area (Å²) in [5, 5.41) is 0. The van der Waals surface area contributed by atoms with Crippen LogP contribution in [0.5, 0.6) is 11.5 Å². The molecular weight excluding hydrogens is 218 g/mol. The van der Waals surface area contributed by atoms with Gasteiger partial charge in [-0.25, -0.2) is 0 Å². The van der Waals surface area contributed by atoms with Gasteiger partial charge >= 0.3 is 0 Å². The first-order chi connectivity index (χ1) is 8.35. The summed E-state index contributed by atoms with van der Waals surface area (Å²) in [6.07, 6.45) is 2.38. The van der Waals surface area contributed by atoms with E-state index in [1.165, 1.54) is 0 Å². The second-order valence-corrected chi connectivity index (χ2v) is 4.10. The van der Waals surface area contributed by atoms with Crippen LogP contribution in [0.1, 0.15) is 18.4 Å². The van der Waals surface area contributed by atoms with Gasteiger partial charge in [0.1, 0.15) is 6.61 Å². The molecule has 1 saturated heterocycles. The Kier molecular flexibility index (Phi) is 4.23. The number of nitrogens with two attached hydrogens (primary N) is 1. The largest absolute Gasteiger partial charge is 0.493 e. The Morgan fingerprint density at radius 1 is 1.47 bits per heavy atom. The molecule has 1 atom stereocenters. The summed E-state index contributed by atoms with van der Waals surface area (Å²) in [6, 6.07) is 5.75. The van der Waals surface area contributed by atoms with Gasteiger partial charge in [0.25, 0.3) is 0 Å². The molecule has 1 aliphatic rings. The lowest BCUT2D eigenvalue weighted by Crippen LogP contribution is -2.17. The molecule has 4 nitrogen and oxygen atoms in total. The Balaban J connectivity index is 2.06. The van der Waals surface area contributed by atoms with Crippen LogP contribution in [0, 0.1) is 0 Å². The zero-order valence-corrected chi connectivity index (χ0v) is 10.1. The number of hydrogen-bond acceptors (Lipinski definition) is 4. The zero-order chi connectivity index (χ0) is 12.1. The average molecular weight is 237 g/mol. The van der Waals surface area contributed by atoms with Crippen LogP contribution in [-0.4, -0.2) is 26.4 Å². The summed E-state index contributed by atoms with van der Waals surface area (Å²) in [7, 11) is 1.63. The molecular formula is C13H19NO3. The van der Waals surface area contributed by atoms with Gasteiger partial charge in [-0.2, -0.15) is 0 Å². The molecule has 0 aliphatic carbocycles. The van der Waals surface area contributed by atoms with Crippen molar-refractivity contribution in [2.45, 2.75) is 25.5 Å². The Morgan fingerprint density at radius 2 is 2.35 bits per heavy atom. The third kappa shape index (κ3) is 2.90. The first kappa shape index (κ1) is 12.2. The summed E-state index contributed by atoms with van der Waals surface area (Å²) in [5.41, 5.74) is 6.65. The fraction of sp³-hybridized carbons (Fsp3) is 0.538. The first-order valence-electron chi connectivity index (χ1n) is 5.95. The molecule has 1 heterocycles. The van der Waals surface area contributed by atoms with Crippen LogP contribution >= 0.6 is 0 Å². The monoisotopic (exact) mass is 237 g/mol. The maximum absolute atomic E-state index is 5.80. The van der Waals surface area contributed by atoms with E-state index in [-0.39, 0.29) is 6.10 Å². The third-order valence-corrected chi connectivity index (χ3v) is 2.94. The molecule has 1 unspecified atom stereocenters. The van der Waals surface area contributed by atoms with E-state index >= 15 is 0 Å². The van der Waals surface area contributed by atoms with Gasteiger partial charge in [-0.05, 0) is 18.9 Å². The first-order valence-corrected chi connectivity index (χ1v) is 5.95. The van der Waals surface area contributed by atoms with Gasteiger partial charge in [0.2, 0.25) is 0 Å². The van der Waals surface area contributed by atoms with Crippen molar-refractivity contribution in [2.24, 2.45) is 5.73 Å². The second-order valence-electron chi connectivity index (χ2n) is 4.10. The molecule has 1 aromatic carbocycles. The molecule has 17 heavy (non-hydrogen) atoms. The summed E-state index contributed by atoms with van der Waals surface area (Å²) in [4.78, 5) is 0. The van der Waals surface area contributed by atoms with Crippen LogP contribution < -0.4 is 15.2 Å². The third-order valence-electron chi connectivity index (χ3n) is 2.94. The van der Waals surface area contributed by atoms with E-state index in [1.807, 2.05) is 18.2 Å². The highest BCUT2D eigenvalue weighted by atomic mass is 16.5. The Morgan fingerprint density at radius 3 is 3.00 bits per heavy atom. The van der Waals surface area contributed by atoms with Crippen LogP contribution in [0.15, 0.2) is 18.2 Å². The van der Waals surface area contributed by atoms with Crippen molar-refractivity contribution in [2.75, 3.05) is 20.3 Å². The number of benzene rings is 1. The summed E-state index contributed by atoms with van der Waals surface area (Å²) >= 11 is 0. The van der Waals surface area contributed by atoms with Crippen molar-refractivity contribution in [1.82, 2.24) is 0 Å². The number of rotatable bonds is 5. The van der Waals surface area contributed by atoms with E-state index in [0.717, 1.165) is 36.5 Å². The van der Waals surface area contributed by atoms with Crippen LogP contribution in [0.3, 0.4) is 0 Å². The Hall–Kier alpha value is -1.26. The lowest BCUT2D eigenvalue weighted by Gasteiger charge is -2.16. The van der Waals surface area contributed by atoms with Gasteiger partial charge in [-0.15, -0.1) is 0 Å². The fourth-order valence-electron chi connectivity index (χ4n) is 2.00. The number of methoxy groups -OCH3 is 1. The standard InChI is InChI=1S/C13H19NO3/c1-15-12-6-2-4-10(8-14)13(12)17-9-11-5-3-7-16-11/h2,4,6,11H,3,5,7-9,14H2,1H3. The average Bonchev–Trinajstić information content (AvgIpc) is 2.88. The number of ether oxygens (including phenoxy) is 3. The molecule has 1 aromatic rings. The van der Waals surface area contributed by atoms with E-state index in [9.17, 15) is 0 Å². The SMILES string of the molecule is COc1cccc(CN)c1OCC1CCCO1. The molecule has 0 aromatic heterocycles. The molecule has 2 N–H and O–H groups in total. The summed E-state index contributed by atoms with van der Waals surface area (Å²) in [6.45, 7) is 1.84. The lowest BCUT2D eigenvalue weighted by atomic mass is 10.2. The van der Waals surface area contributed by atoms with Crippen molar-refractivity contribution >= 4 is 0 Å². The minimum Gasteiger partial charge on any atom is -0.493 e. The number of hydrogen-bond donors (Lipinski definition) is 1. The van der Waals surface area contributed by atoms with Gasteiger partial charge in [-0.1, -0.05) is 12.1 Å².